The number of hydrogen-bond donors (Lipinski definition) is 3. The molecule has 1 atom stereocenters. The highest BCUT2D eigenvalue weighted by atomic mass is 16.3. The molecule has 0 radical (unpaired) electrons. The third-order valence-corrected chi connectivity index (χ3v) is 4.19. The highest BCUT2D eigenvalue weighted by molar-refractivity contribution is 5.74. The maximum absolute atomic E-state index is 12.1. The van der Waals surface area contributed by atoms with E-state index >= 15 is 0 Å². The van der Waals surface area contributed by atoms with Crippen molar-refractivity contribution in [2.75, 3.05) is 0 Å². The van der Waals surface area contributed by atoms with Gasteiger partial charge in [-0.3, -0.25) is 4.98 Å². The summed E-state index contributed by atoms with van der Waals surface area (Å²) in [6.45, 7) is 0.350. The molecule has 23 heavy (non-hydrogen) atoms. The quantitative estimate of drug-likeness (QED) is 0.759. The predicted octanol–water partition coefficient (Wildman–Crippen LogP) is 1.86. The van der Waals surface area contributed by atoms with Gasteiger partial charge in [-0.25, -0.2) is 4.79 Å². The van der Waals surface area contributed by atoms with Gasteiger partial charge in [0.05, 0.1) is 18.9 Å². The largest absolute Gasteiger partial charge is 0.467 e. The minimum absolute atomic E-state index is 0.0371. The lowest BCUT2D eigenvalue weighted by atomic mass is 9.76. The molecule has 3 N–H and O–H groups in total. The molecule has 1 saturated carbocycles. The van der Waals surface area contributed by atoms with Crippen molar-refractivity contribution in [1.82, 2.24) is 15.6 Å². The van der Waals surface area contributed by atoms with E-state index in [9.17, 15) is 9.90 Å². The van der Waals surface area contributed by atoms with Crippen LogP contribution in [-0.4, -0.2) is 28.3 Å². The smallest absolute Gasteiger partial charge is 0.315 e. The van der Waals surface area contributed by atoms with Crippen LogP contribution in [0.2, 0.25) is 0 Å². The van der Waals surface area contributed by atoms with Crippen molar-refractivity contribution in [1.29, 1.82) is 0 Å². The van der Waals surface area contributed by atoms with Crippen LogP contribution in [0.3, 0.4) is 0 Å². The van der Waals surface area contributed by atoms with Crippen molar-refractivity contribution in [3.8, 4) is 0 Å². The molecule has 122 valence electrons. The molecule has 3 rings (SSSR count). The van der Waals surface area contributed by atoms with Gasteiger partial charge in [0.1, 0.15) is 5.76 Å². The molecule has 2 aromatic rings. The van der Waals surface area contributed by atoms with Gasteiger partial charge in [-0.2, -0.15) is 0 Å². The van der Waals surface area contributed by atoms with Gasteiger partial charge in [-0.15, -0.1) is 0 Å². The Labute approximate surface area is 134 Å². The number of carbonyl (C=O) groups is 1. The summed E-state index contributed by atoms with van der Waals surface area (Å²) in [5.41, 5.74) is 0.935. The zero-order valence-corrected chi connectivity index (χ0v) is 12.8. The Kier molecular flexibility index (Phi) is 4.92. The summed E-state index contributed by atoms with van der Waals surface area (Å²) >= 11 is 0. The van der Waals surface area contributed by atoms with Crippen LogP contribution in [-0.2, 0) is 13.0 Å². The predicted molar refractivity (Wildman–Crippen MR) is 84.5 cm³/mol. The average Bonchev–Trinajstić information content (AvgIpc) is 3.04. The molecule has 6 nitrogen and oxygen atoms in total. The van der Waals surface area contributed by atoms with Crippen LogP contribution >= 0.6 is 0 Å². The summed E-state index contributed by atoms with van der Waals surface area (Å²) in [6.07, 6.45) is 5.17. The van der Waals surface area contributed by atoms with Gasteiger partial charge in [-0.1, -0.05) is 6.07 Å². The number of aliphatic hydroxyl groups excluding tert-OH is 1. The molecule has 1 aliphatic rings. The van der Waals surface area contributed by atoms with Crippen LogP contribution in [0.1, 0.15) is 24.3 Å². The minimum Gasteiger partial charge on any atom is -0.467 e. The van der Waals surface area contributed by atoms with E-state index < -0.39 is 0 Å². The number of urea groups is 1. The first-order chi connectivity index (χ1) is 11.2. The molecule has 2 heterocycles. The van der Waals surface area contributed by atoms with Crippen molar-refractivity contribution >= 4 is 6.03 Å². The number of nitrogens with zero attached hydrogens (tertiary/aromatic N) is 1. The summed E-state index contributed by atoms with van der Waals surface area (Å²) in [7, 11) is 0. The molecule has 1 fully saturated rings. The van der Waals surface area contributed by atoms with Crippen molar-refractivity contribution in [3.05, 3.63) is 54.2 Å². The zero-order valence-electron chi connectivity index (χ0n) is 12.8. The number of aliphatic hydroxyl groups is 1. The molecule has 0 aromatic carbocycles. The number of hydrogen-bond acceptors (Lipinski definition) is 4. The number of amides is 2. The van der Waals surface area contributed by atoms with E-state index in [4.69, 9.17) is 4.42 Å². The highest BCUT2D eigenvalue weighted by Crippen LogP contribution is 2.31. The van der Waals surface area contributed by atoms with Gasteiger partial charge in [0.25, 0.3) is 0 Å². The molecule has 0 spiro atoms. The first-order valence-corrected chi connectivity index (χ1v) is 7.85. The van der Waals surface area contributed by atoms with Crippen LogP contribution in [0.15, 0.2) is 47.2 Å². The first kappa shape index (κ1) is 15.6. The molecule has 0 saturated heterocycles. The molecule has 0 bridgehead atoms. The van der Waals surface area contributed by atoms with E-state index in [-0.39, 0.29) is 24.1 Å². The van der Waals surface area contributed by atoms with Crippen molar-refractivity contribution in [2.24, 2.45) is 5.92 Å². The Hall–Kier alpha value is -2.34. The Morgan fingerprint density at radius 2 is 2.22 bits per heavy atom. The van der Waals surface area contributed by atoms with Gasteiger partial charge >= 0.3 is 6.03 Å². The third kappa shape index (κ3) is 4.32. The lowest BCUT2D eigenvalue weighted by Crippen LogP contribution is -2.51. The van der Waals surface area contributed by atoms with E-state index in [1.54, 1.807) is 18.5 Å². The topological polar surface area (TPSA) is 87.4 Å². The second-order valence-electron chi connectivity index (χ2n) is 5.92. The normalized spacial score (nSPS) is 21.3. The molecule has 2 aromatic heterocycles. The molecule has 1 aliphatic carbocycles. The lowest BCUT2D eigenvalue weighted by Gasteiger charge is -2.38. The number of pyridine rings is 1. The van der Waals surface area contributed by atoms with Crippen LogP contribution in [0, 0.1) is 5.92 Å². The Balaban J connectivity index is 1.55. The number of furan rings is 1. The first-order valence-electron chi connectivity index (χ1n) is 7.85. The molecule has 6 heteroatoms. The van der Waals surface area contributed by atoms with Gasteiger partial charge in [0, 0.05) is 24.4 Å². The van der Waals surface area contributed by atoms with Gasteiger partial charge in [0.2, 0.25) is 0 Å². The summed E-state index contributed by atoms with van der Waals surface area (Å²) in [4.78, 5) is 16.4. The van der Waals surface area contributed by atoms with E-state index in [0.29, 0.717) is 18.7 Å². The standard InChI is InChI=1S/C17H21N3O3/c21-14-8-12(9-14)16(10-13-4-1-2-6-18-13)20-17(22)19-11-15-5-3-7-23-15/h1-7,12,14,16,21H,8-11H2,(H2,19,20,22)/t12?,14?,16-/m1/s1. The third-order valence-electron chi connectivity index (χ3n) is 4.19. The van der Waals surface area contributed by atoms with Crippen LogP contribution in [0.25, 0.3) is 0 Å². The Bertz CT molecular complexity index is 609. The fourth-order valence-electron chi connectivity index (χ4n) is 2.84. The minimum atomic E-state index is -0.251. The lowest BCUT2D eigenvalue weighted by molar-refractivity contribution is 0.0261. The molecule has 2 amide bonds. The van der Waals surface area contributed by atoms with E-state index in [2.05, 4.69) is 15.6 Å². The number of aromatic nitrogens is 1. The number of nitrogens with one attached hydrogen (secondary N) is 2. The van der Waals surface area contributed by atoms with Gasteiger partial charge in [-0.05, 0) is 43.0 Å². The fraction of sp³-hybridized carbons (Fsp3) is 0.412. The monoisotopic (exact) mass is 315 g/mol. The average molecular weight is 315 g/mol. The van der Waals surface area contributed by atoms with Gasteiger partial charge < -0.3 is 20.2 Å². The van der Waals surface area contributed by atoms with E-state index in [1.807, 2.05) is 24.3 Å². The SMILES string of the molecule is O=C(NCc1ccco1)N[C@H](Cc1ccccn1)C1CC(O)C1. The van der Waals surface area contributed by atoms with Crippen LogP contribution in [0.4, 0.5) is 4.79 Å². The summed E-state index contributed by atoms with van der Waals surface area (Å²) in [5.74, 6) is 0.988. The van der Waals surface area contributed by atoms with Crippen molar-refractivity contribution < 1.29 is 14.3 Å². The fourth-order valence-corrected chi connectivity index (χ4v) is 2.84. The molecule has 0 unspecified atom stereocenters. The van der Waals surface area contributed by atoms with E-state index in [0.717, 1.165) is 18.5 Å². The maximum atomic E-state index is 12.1. The van der Waals surface area contributed by atoms with Gasteiger partial charge in [0.15, 0.2) is 0 Å². The molecular formula is C17H21N3O3. The number of carbonyl (C=O) groups excluding carboxylic acids is 1. The van der Waals surface area contributed by atoms with Crippen LogP contribution in [0.5, 0.6) is 0 Å². The number of rotatable bonds is 6. The summed E-state index contributed by atoms with van der Waals surface area (Å²) in [6, 6.07) is 9.09. The summed E-state index contributed by atoms with van der Waals surface area (Å²) < 4.78 is 5.19. The molecule has 0 aliphatic heterocycles. The van der Waals surface area contributed by atoms with E-state index in [1.165, 1.54) is 0 Å². The Morgan fingerprint density at radius 3 is 2.87 bits per heavy atom. The maximum Gasteiger partial charge on any atom is 0.315 e. The van der Waals surface area contributed by atoms with Crippen LogP contribution < -0.4 is 10.6 Å². The van der Waals surface area contributed by atoms with Crippen molar-refractivity contribution in [2.45, 2.75) is 38.0 Å². The zero-order chi connectivity index (χ0) is 16.1. The molecular weight excluding hydrogens is 294 g/mol. The summed E-state index contributed by atoms with van der Waals surface area (Å²) in [5, 5.41) is 15.3. The second-order valence-corrected chi connectivity index (χ2v) is 5.92. The Morgan fingerprint density at radius 1 is 1.35 bits per heavy atom. The highest BCUT2D eigenvalue weighted by Gasteiger charge is 2.35. The second kappa shape index (κ2) is 7.28. The van der Waals surface area contributed by atoms with Crippen molar-refractivity contribution in [3.63, 3.8) is 0 Å².